The minimum atomic E-state index is 0.511. The van der Waals surface area contributed by atoms with E-state index in [2.05, 4.69) is 25.9 Å². The van der Waals surface area contributed by atoms with E-state index in [1.165, 1.54) is 0 Å². The van der Waals surface area contributed by atoms with E-state index in [0.717, 1.165) is 10.2 Å². The van der Waals surface area contributed by atoms with Gasteiger partial charge in [0.1, 0.15) is 0 Å². The largest absolute Gasteiger partial charge is 0.221 e. The third kappa shape index (κ3) is 1.26. The predicted octanol–water partition coefficient (Wildman–Crippen LogP) is 3.11. The Morgan fingerprint density at radius 3 is 3.09 bits per heavy atom. The maximum atomic E-state index is 5.83. The molecule has 2 rings (SSSR count). The first-order chi connectivity index (χ1) is 5.27. The molecule has 0 fully saturated rings. The lowest BCUT2D eigenvalue weighted by atomic mass is 10.5. The predicted molar refractivity (Wildman–Crippen MR) is 50.1 cm³/mol. The van der Waals surface area contributed by atoms with Crippen molar-refractivity contribution >= 4 is 49.1 Å². The standard InChI is InChI=1S/C6H2BrClN2S/c7-6-9-3-1-2-11-4(3)5(8)10-6/h1-2H. The van der Waals surface area contributed by atoms with Gasteiger partial charge < -0.3 is 0 Å². The molecule has 0 aliphatic carbocycles. The highest BCUT2D eigenvalue weighted by molar-refractivity contribution is 9.10. The van der Waals surface area contributed by atoms with Gasteiger partial charge in [-0.1, -0.05) is 11.6 Å². The first-order valence-corrected chi connectivity index (χ1v) is 4.88. The first kappa shape index (κ1) is 7.46. The molecule has 0 saturated carbocycles. The number of rotatable bonds is 0. The number of halogens is 2. The fraction of sp³-hybridized carbons (Fsp3) is 0. The van der Waals surface area contributed by atoms with Crippen LogP contribution < -0.4 is 0 Å². The molecule has 0 radical (unpaired) electrons. The molecule has 0 aromatic carbocycles. The Kier molecular flexibility index (Phi) is 1.83. The summed E-state index contributed by atoms with van der Waals surface area (Å²) in [6.07, 6.45) is 0. The minimum absolute atomic E-state index is 0.511. The summed E-state index contributed by atoms with van der Waals surface area (Å²) in [7, 11) is 0. The number of fused-ring (bicyclic) bond motifs is 1. The van der Waals surface area contributed by atoms with Crippen LogP contribution in [0.1, 0.15) is 0 Å². The molecule has 0 spiro atoms. The Bertz CT molecular complexity index is 400. The zero-order chi connectivity index (χ0) is 7.84. The minimum Gasteiger partial charge on any atom is -0.221 e. The highest BCUT2D eigenvalue weighted by Gasteiger charge is 2.03. The van der Waals surface area contributed by atoms with Gasteiger partial charge in [0.25, 0.3) is 0 Å². The van der Waals surface area contributed by atoms with E-state index in [9.17, 15) is 0 Å². The van der Waals surface area contributed by atoms with Crippen LogP contribution in [0.15, 0.2) is 16.2 Å². The van der Waals surface area contributed by atoms with Crippen molar-refractivity contribution in [1.29, 1.82) is 0 Å². The maximum absolute atomic E-state index is 5.83. The molecule has 2 heterocycles. The average molecular weight is 250 g/mol. The summed E-state index contributed by atoms with van der Waals surface area (Å²) < 4.78 is 1.48. The highest BCUT2D eigenvalue weighted by Crippen LogP contribution is 2.26. The first-order valence-electron chi connectivity index (χ1n) is 2.83. The molecular weight excluding hydrogens is 248 g/mol. The molecule has 0 N–H and O–H groups in total. The van der Waals surface area contributed by atoms with Crippen LogP contribution in [-0.4, -0.2) is 9.97 Å². The van der Waals surface area contributed by atoms with Gasteiger partial charge >= 0.3 is 0 Å². The molecule has 0 aliphatic rings. The summed E-state index contributed by atoms with van der Waals surface area (Å²) in [6.45, 7) is 0. The molecule has 2 nitrogen and oxygen atoms in total. The van der Waals surface area contributed by atoms with Crippen molar-refractivity contribution < 1.29 is 0 Å². The highest BCUT2D eigenvalue weighted by atomic mass is 79.9. The topological polar surface area (TPSA) is 25.8 Å². The number of aromatic nitrogens is 2. The van der Waals surface area contributed by atoms with Gasteiger partial charge in [0.15, 0.2) is 9.89 Å². The van der Waals surface area contributed by atoms with Gasteiger partial charge in [0.05, 0.1) is 10.2 Å². The van der Waals surface area contributed by atoms with Gasteiger partial charge in [-0.15, -0.1) is 11.3 Å². The van der Waals surface area contributed by atoms with Crippen molar-refractivity contribution in [2.24, 2.45) is 0 Å². The van der Waals surface area contributed by atoms with Gasteiger partial charge in [-0.3, -0.25) is 0 Å². The zero-order valence-electron chi connectivity index (χ0n) is 5.21. The molecule has 0 unspecified atom stereocenters. The normalized spacial score (nSPS) is 10.7. The van der Waals surface area contributed by atoms with E-state index >= 15 is 0 Å². The van der Waals surface area contributed by atoms with Crippen LogP contribution in [0.25, 0.3) is 10.2 Å². The van der Waals surface area contributed by atoms with Crippen molar-refractivity contribution in [3.63, 3.8) is 0 Å². The maximum Gasteiger partial charge on any atom is 0.198 e. The van der Waals surface area contributed by atoms with Crippen molar-refractivity contribution in [2.45, 2.75) is 0 Å². The Morgan fingerprint density at radius 1 is 1.45 bits per heavy atom. The smallest absolute Gasteiger partial charge is 0.198 e. The number of hydrogen-bond acceptors (Lipinski definition) is 3. The third-order valence-electron chi connectivity index (χ3n) is 1.23. The Morgan fingerprint density at radius 2 is 2.27 bits per heavy atom. The summed E-state index contributed by atoms with van der Waals surface area (Å²) >= 11 is 10.5. The summed E-state index contributed by atoms with van der Waals surface area (Å²) in [5, 5.41) is 2.45. The lowest BCUT2D eigenvalue weighted by molar-refractivity contribution is 1.17. The van der Waals surface area contributed by atoms with E-state index in [0.29, 0.717) is 9.89 Å². The number of hydrogen-bond donors (Lipinski definition) is 0. The van der Waals surface area contributed by atoms with Crippen LogP contribution >= 0.6 is 38.9 Å². The Hall–Kier alpha value is -0.190. The molecule has 2 aromatic rings. The number of thiophene rings is 1. The van der Waals surface area contributed by atoms with E-state index < -0.39 is 0 Å². The van der Waals surface area contributed by atoms with E-state index in [4.69, 9.17) is 11.6 Å². The lowest BCUT2D eigenvalue weighted by Gasteiger charge is -1.92. The van der Waals surface area contributed by atoms with Crippen LogP contribution in [0.3, 0.4) is 0 Å². The summed E-state index contributed by atoms with van der Waals surface area (Å²) in [6, 6.07) is 1.92. The molecule has 0 atom stereocenters. The molecule has 0 saturated heterocycles. The second-order valence-electron chi connectivity index (χ2n) is 1.92. The average Bonchev–Trinajstić information content (AvgIpc) is 2.34. The Balaban J connectivity index is 2.91. The molecule has 5 heteroatoms. The van der Waals surface area contributed by atoms with E-state index in [1.54, 1.807) is 11.3 Å². The van der Waals surface area contributed by atoms with Gasteiger partial charge in [0.2, 0.25) is 0 Å². The van der Waals surface area contributed by atoms with E-state index in [1.807, 2.05) is 11.4 Å². The second-order valence-corrected chi connectivity index (χ2v) is 3.90. The molecule has 56 valence electrons. The van der Waals surface area contributed by atoms with Crippen LogP contribution in [0.2, 0.25) is 5.15 Å². The van der Waals surface area contributed by atoms with Gasteiger partial charge in [0, 0.05) is 0 Å². The van der Waals surface area contributed by atoms with Gasteiger partial charge in [-0.05, 0) is 27.4 Å². The quantitative estimate of drug-likeness (QED) is 0.530. The lowest BCUT2D eigenvalue weighted by Crippen LogP contribution is -1.81. The molecule has 0 bridgehead atoms. The van der Waals surface area contributed by atoms with Crippen LogP contribution in [0, 0.1) is 0 Å². The fourth-order valence-corrected chi connectivity index (χ4v) is 2.29. The molecular formula is C6H2BrClN2S. The molecule has 0 amide bonds. The molecule has 0 aliphatic heterocycles. The summed E-state index contributed by atoms with van der Waals surface area (Å²) in [4.78, 5) is 8.08. The van der Waals surface area contributed by atoms with Crippen LogP contribution in [0.5, 0.6) is 0 Å². The van der Waals surface area contributed by atoms with Gasteiger partial charge in [-0.25, -0.2) is 9.97 Å². The van der Waals surface area contributed by atoms with Crippen LogP contribution in [-0.2, 0) is 0 Å². The van der Waals surface area contributed by atoms with Crippen molar-refractivity contribution in [1.82, 2.24) is 9.97 Å². The summed E-state index contributed by atoms with van der Waals surface area (Å²) in [5.74, 6) is 0. The van der Waals surface area contributed by atoms with Crippen molar-refractivity contribution in [2.75, 3.05) is 0 Å². The molecule has 2 aromatic heterocycles. The summed E-state index contributed by atoms with van der Waals surface area (Å²) in [5.41, 5.74) is 0.891. The SMILES string of the molecule is Clc1nc(Br)nc2ccsc12. The number of nitrogens with zero attached hydrogens (tertiary/aromatic N) is 2. The van der Waals surface area contributed by atoms with Crippen molar-refractivity contribution in [3.05, 3.63) is 21.3 Å². The monoisotopic (exact) mass is 248 g/mol. The van der Waals surface area contributed by atoms with Gasteiger partial charge in [-0.2, -0.15) is 0 Å². The fourth-order valence-electron chi connectivity index (χ4n) is 0.801. The second kappa shape index (κ2) is 2.69. The zero-order valence-corrected chi connectivity index (χ0v) is 8.37. The molecule has 11 heavy (non-hydrogen) atoms. The van der Waals surface area contributed by atoms with Crippen molar-refractivity contribution in [3.8, 4) is 0 Å². The third-order valence-corrected chi connectivity index (χ3v) is 2.89. The van der Waals surface area contributed by atoms with E-state index in [-0.39, 0.29) is 0 Å². The Labute approximate surface area is 80.4 Å². The van der Waals surface area contributed by atoms with Crippen LogP contribution in [0.4, 0.5) is 0 Å².